The largest absolute Gasteiger partial charge is 0.481 e. The SMILES string of the molecule is CCC1CC(CC)C(C(=O)OC23CC4CC(CC(C4)C2)C3)C1C(=O)OCCC(=O)O. The number of carboxylic acid groups (broad SMARTS) is 1. The number of aliphatic carboxylic acids is 1. The molecular formula is C24H36O6. The van der Waals surface area contributed by atoms with Crippen LogP contribution >= 0.6 is 0 Å². The summed E-state index contributed by atoms with van der Waals surface area (Å²) in [5, 5.41) is 8.83. The van der Waals surface area contributed by atoms with Gasteiger partial charge in [-0.15, -0.1) is 0 Å². The molecule has 4 unspecified atom stereocenters. The Hall–Kier alpha value is -1.59. The fraction of sp³-hybridized carbons (Fsp3) is 0.875. The molecule has 5 fully saturated rings. The first kappa shape index (κ1) is 21.6. The van der Waals surface area contributed by atoms with Gasteiger partial charge in [0.2, 0.25) is 0 Å². The summed E-state index contributed by atoms with van der Waals surface area (Å²) >= 11 is 0. The molecule has 0 heterocycles. The van der Waals surface area contributed by atoms with E-state index in [0.29, 0.717) is 17.8 Å². The Bertz CT molecular complexity index is 650. The number of hydrogen-bond acceptors (Lipinski definition) is 5. The van der Waals surface area contributed by atoms with Crippen molar-refractivity contribution in [2.75, 3.05) is 6.61 Å². The van der Waals surface area contributed by atoms with Crippen LogP contribution in [-0.4, -0.2) is 35.2 Å². The summed E-state index contributed by atoms with van der Waals surface area (Å²) in [6.07, 6.45) is 9.06. The lowest BCUT2D eigenvalue weighted by Gasteiger charge is -2.56. The molecule has 0 aromatic carbocycles. The monoisotopic (exact) mass is 420 g/mol. The molecule has 4 atom stereocenters. The van der Waals surface area contributed by atoms with E-state index in [0.717, 1.165) is 38.5 Å². The molecule has 0 aromatic rings. The highest BCUT2D eigenvalue weighted by Crippen LogP contribution is 2.58. The van der Waals surface area contributed by atoms with E-state index in [4.69, 9.17) is 14.6 Å². The number of ether oxygens (including phenoxy) is 2. The van der Waals surface area contributed by atoms with Crippen molar-refractivity contribution >= 4 is 17.9 Å². The van der Waals surface area contributed by atoms with Gasteiger partial charge >= 0.3 is 17.9 Å². The number of carbonyl (C=O) groups excluding carboxylic acids is 2. The molecule has 0 amide bonds. The Morgan fingerprint density at radius 3 is 1.80 bits per heavy atom. The number of carboxylic acids is 1. The molecule has 1 N–H and O–H groups in total. The van der Waals surface area contributed by atoms with Gasteiger partial charge in [0.15, 0.2) is 0 Å². The maximum atomic E-state index is 13.5. The topological polar surface area (TPSA) is 89.9 Å². The second-order valence-corrected chi connectivity index (χ2v) is 10.5. The predicted molar refractivity (Wildman–Crippen MR) is 109 cm³/mol. The second kappa shape index (κ2) is 8.51. The molecule has 0 spiro atoms. The van der Waals surface area contributed by atoms with Gasteiger partial charge in [-0.3, -0.25) is 14.4 Å². The summed E-state index contributed by atoms with van der Waals surface area (Å²) < 4.78 is 11.7. The van der Waals surface area contributed by atoms with Crippen molar-refractivity contribution in [1.29, 1.82) is 0 Å². The van der Waals surface area contributed by atoms with Crippen molar-refractivity contribution in [3.8, 4) is 0 Å². The third-order valence-electron chi connectivity index (χ3n) is 8.46. The lowest BCUT2D eigenvalue weighted by molar-refractivity contribution is -0.195. The van der Waals surface area contributed by atoms with Crippen LogP contribution in [0.4, 0.5) is 0 Å². The first-order valence-electron chi connectivity index (χ1n) is 12.0. The minimum atomic E-state index is -0.995. The van der Waals surface area contributed by atoms with Gasteiger partial charge in [0, 0.05) is 0 Å². The van der Waals surface area contributed by atoms with Crippen molar-refractivity contribution in [2.45, 2.75) is 83.7 Å². The van der Waals surface area contributed by atoms with Crippen molar-refractivity contribution in [2.24, 2.45) is 41.4 Å². The molecule has 6 nitrogen and oxygen atoms in total. The molecule has 5 aliphatic carbocycles. The fourth-order valence-corrected chi connectivity index (χ4v) is 7.56. The number of carbonyl (C=O) groups is 3. The van der Waals surface area contributed by atoms with Crippen molar-refractivity contribution in [3.63, 3.8) is 0 Å². The highest BCUT2D eigenvalue weighted by Gasteiger charge is 2.56. The first-order valence-corrected chi connectivity index (χ1v) is 12.0. The summed E-state index contributed by atoms with van der Waals surface area (Å²) in [4.78, 5) is 37.2. The van der Waals surface area contributed by atoms with Gasteiger partial charge in [-0.1, -0.05) is 26.7 Å². The summed E-state index contributed by atoms with van der Waals surface area (Å²) in [5.41, 5.74) is -0.313. The normalized spacial score (nSPS) is 41.6. The number of esters is 2. The van der Waals surface area contributed by atoms with Crippen LogP contribution in [0.15, 0.2) is 0 Å². The van der Waals surface area contributed by atoms with Crippen LogP contribution in [0.25, 0.3) is 0 Å². The van der Waals surface area contributed by atoms with E-state index < -0.39 is 23.8 Å². The Labute approximate surface area is 179 Å². The molecule has 5 rings (SSSR count). The highest BCUT2D eigenvalue weighted by atomic mass is 16.6. The summed E-state index contributed by atoms with van der Waals surface area (Å²) in [6, 6.07) is 0. The standard InChI is InChI=1S/C24H36O6/c1-3-17-10-18(4-2)21(20(17)22(27)29-6-5-19(25)26)23(28)30-24-11-14-7-15(12-24)9-16(8-14)13-24/h14-18,20-21H,3-13H2,1-2H3,(H,25,26). The molecule has 0 aliphatic heterocycles. The summed E-state index contributed by atoms with van der Waals surface area (Å²) in [5.74, 6) is -0.341. The molecule has 0 aromatic heterocycles. The molecule has 4 bridgehead atoms. The molecule has 168 valence electrons. The van der Waals surface area contributed by atoms with Crippen molar-refractivity contribution < 1.29 is 29.0 Å². The molecule has 30 heavy (non-hydrogen) atoms. The van der Waals surface area contributed by atoms with Crippen molar-refractivity contribution in [1.82, 2.24) is 0 Å². The van der Waals surface area contributed by atoms with E-state index >= 15 is 0 Å². The average Bonchev–Trinajstić information content (AvgIpc) is 3.05. The Kier molecular flexibility index (Phi) is 6.13. The summed E-state index contributed by atoms with van der Waals surface area (Å²) in [7, 11) is 0. The smallest absolute Gasteiger partial charge is 0.310 e. The third-order valence-corrected chi connectivity index (χ3v) is 8.46. The third kappa shape index (κ3) is 4.11. The van der Waals surface area contributed by atoms with E-state index in [1.165, 1.54) is 19.3 Å². The van der Waals surface area contributed by atoms with Gasteiger partial charge < -0.3 is 14.6 Å². The maximum absolute atomic E-state index is 13.5. The van der Waals surface area contributed by atoms with Gasteiger partial charge in [-0.2, -0.15) is 0 Å². The van der Waals surface area contributed by atoms with Crippen LogP contribution in [0.1, 0.15) is 78.1 Å². The Morgan fingerprint density at radius 1 is 0.833 bits per heavy atom. The minimum absolute atomic E-state index is 0.0844. The zero-order valence-corrected chi connectivity index (χ0v) is 18.3. The quantitative estimate of drug-likeness (QED) is 0.592. The first-order chi connectivity index (χ1) is 14.3. The number of hydrogen-bond donors (Lipinski definition) is 1. The van der Waals surface area contributed by atoms with Gasteiger partial charge in [-0.05, 0) is 74.5 Å². The Balaban J connectivity index is 1.49. The molecule has 6 heteroatoms. The van der Waals surface area contributed by atoms with E-state index in [1.807, 2.05) is 6.92 Å². The molecular weight excluding hydrogens is 384 g/mol. The Morgan fingerprint density at radius 2 is 1.33 bits per heavy atom. The maximum Gasteiger partial charge on any atom is 0.310 e. The zero-order valence-electron chi connectivity index (χ0n) is 18.3. The lowest BCUT2D eigenvalue weighted by atomic mass is 9.54. The predicted octanol–water partition coefficient (Wildman–Crippen LogP) is 4.20. The van der Waals surface area contributed by atoms with Crippen LogP contribution in [0.3, 0.4) is 0 Å². The van der Waals surface area contributed by atoms with Crippen LogP contribution < -0.4 is 0 Å². The molecule has 5 saturated carbocycles. The lowest BCUT2D eigenvalue weighted by Crippen LogP contribution is -2.53. The van der Waals surface area contributed by atoms with Crippen LogP contribution in [0, 0.1) is 41.4 Å². The highest BCUT2D eigenvalue weighted by molar-refractivity contribution is 5.84. The zero-order chi connectivity index (χ0) is 21.5. The number of rotatable bonds is 8. The van der Waals surface area contributed by atoms with E-state index in [-0.39, 0.29) is 36.4 Å². The van der Waals surface area contributed by atoms with Gasteiger partial charge in [0.25, 0.3) is 0 Å². The van der Waals surface area contributed by atoms with E-state index in [1.54, 1.807) is 0 Å². The summed E-state index contributed by atoms with van der Waals surface area (Å²) in [6.45, 7) is 3.97. The van der Waals surface area contributed by atoms with Gasteiger partial charge in [0.1, 0.15) is 12.2 Å². The van der Waals surface area contributed by atoms with Crippen LogP contribution in [0.5, 0.6) is 0 Å². The van der Waals surface area contributed by atoms with Crippen molar-refractivity contribution in [3.05, 3.63) is 0 Å². The minimum Gasteiger partial charge on any atom is -0.481 e. The molecule has 0 saturated heterocycles. The van der Waals surface area contributed by atoms with E-state index in [2.05, 4.69) is 6.92 Å². The average molecular weight is 421 g/mol. The van der Waals surface area contributed by atoms with Crippen LogP contribution in [0.2, 0.25) is 0 Å². The van der Waals surface area contributed by atoms with E-state index in [9.17, 15) is 14.4 Å². The van der Waals surface area contributed by atoms with Crippen LogP contribution in [-0.2, 0) is 23.9 Å². The molecule has 5 aliphatic rings. The fourth-order valence-electron chi connectivity index (χ4n) is 7.56. The van der Waals surface area contributed by atoms with Gasteiger partial charge in [-0.25, -0.2) is 0 Å². The van der Waals surface area contributed by atoms with Gasteiger partial charge in [0.05, 0.1) is 18.3 Å². The second-order valence-electron chi connectivity index (χ2n) is 10.5. The molecule has 0 radical (unpaired) electrons.